The summed E-state index contributed by atoms with van der Waals surface area (Å²) in [5.41, 5.74) is 6.32. The Morgan fingerprint density at radius 2 is 1.60 bits per heavy atom. The van der Waals surface area contributed by atoms with Crippen LogP contribution < -0.4 is 5.32 Å². The van der Waals surface area contributed by atoms with Crippen LogP contribution in [0.25, 0.3) is 11.1 Å². The number of hydrogen-bond donors (Lipinski definition) is 2. The number of alkyl carbamates (subject to hydrolysis) is 1. The van der Waals surface area contributed by atoms with Crippen LogP contribution in [-0.2, 0) is 20.9 Å². The Kier molecular flexibility index (Phi) is 7.15. The van der Waals surface area contributed by atoms with Crippen molar-refractivity contribution in [2.45, 2.75) is 31.8 Å². The highest BCUT2D eigenvalue weighted by Gasteiger charge is 2.31. The molecular formula is C28H28N2O5. The maximum absolute atomic E-state index is 13.0. The summed E-state index contributed by atoms with van der Waals surface area (Å²) in [7, 11) is 1.58. The van der Waals surface area contributed by atoms with E-state index in [0.29, 0.717) is 6.54 Å². The Hall–Kier alpha value is -4.13. The molecule has 0 saturated heterocycles. The zero-order valence-electron chi connectivity index (χ0n) is 19.7. The van der Waals surface area contributed by atoms with Crippen molar-refractivity contribution >= 4 is 18.0 Å². The number of aliphatic carboxylic acids is 1. The van der Waals surface area contributed by atoms with E-state index in [1.165, 1.54) is 4.90 Å². The number of amides is 2. The first-order chi connectivity index (χ1) is 16.8. The first-order valence-corrected chi connectivity index (χ1v) is 11.5. The molecule has 0 aromatic heterocycles. The lowest BCUT2D eigenvalue weighted by molar-refractivity contribution is -0.142. The molecule has 0 aliphatic heterocycles. The van der Waals surface area contributed by atoms with Crippen LogP contribution in [0.5, 0.6) is 0 Å². The molecule has 0 radical (unpaired) electrons. The van der Waals surface area contributed by atoms with Gasteiger partial charge in [-0.2, -0.15) is 0 Å². The van der Waals surface area contributed by atoms with E-state index in [9.17, 15) is 19.5 Å². The molecule has 0 fully saturated rings. The van der Waals surface area contributed by atoms with Crippen molar-refractivity contribution in [2.24, 2.45) is 0 Å². The van der Waals surface area contributed by atoms with Crippen molar-refractivity contribution in [3.63, 3.8) is 0 Å². The molecule has 4 rings (SSSR count). The Labute approximate surface area is 204 Å². The molecule has 1 atom stereocenters. The van der Waals surface area contributed by atoms with Crippen LogP contribution >= 0.6 is 0 Å². The zero-order chi connectivity index (χ0) is 24.9. The molecule has 1 aliphatic carbocycles. The molecule has 1 aliphatic rings. The van der Waals surface area contributed by atoms with Gasteiger partial charge in [-0.15, -0.1) is 0 Å². The second-order valence-corrected chi connectivity index (χ2v) is 8.80. The molecule has 3 aromatic carbocycles. The number of nitrogens with zero attached hydrogens (tertiary/aromatic N) is 1. The molecule has 2 N–H and O–H groups in total. The molecule has 3 aromatic rings. The SMILES string of the molecule is Cc1cccc(CN(C)C(=O)C(CC(=O)O)NC(=O)OCC2c3ccccc3-c3ccccc32)c1. The fourth-order valence-electron chi connectivity index (χ4n) is 4.59. The molecule has 7 heteroatoms. The summed E-state index contributed by atoms with van der Waals surface area (Å²) in [6, 6.07) is 22.4. The summed E-state index contributed by atoms with van der Waals surface area (Å²) < 4.78 is 5.50. The van der Waals surface area contributed by atoms with E-state index in [-0.39, 0.29) is 12.5 Å². The van der Waals surface area contributed by atoms with Gasteiger partial charge in [-0.25, -0.2) is 4.79 Å². The van der Waals surface area contributed by atoms with Gasteiger partial charge in [-0.3, -0.25) is 9.59 Å². The van der Waals surface area contributed by atoms with E-state index in [4.69, 9.17) is 4.74 Å². The van der Waals surface area contributed by atoms with Crippen LogP contribution in [0.15, 0.2) is 72.8 Å². The van der Waals surface area contributed by atoms with E-state index in [0.717, 1.165) is 33.4 Å². The number of fused-ring (bicyclic) bond motifs is 3. The molecule has 1 unspecified atom stereocenters. The van der Waals surface area contributed by atoms with Crippen LogP contribution in [0.2, 0.25) is 0 Å². The average molecular weight is 473 g/mol. The minimum atomic E-state index is -1.24. The van der Waals surface area contributed by atoms with Crippen molar-refractivity contribution in [3.8, 4) is 11.1 Å². The van der Waals surface area contributed by atoms with Crippen LogP contribution in [0.1, 0.15) is 34.6 Å². The van der Waals surface area contributed by atoms with E-state index in [2.05, 4.69) is 5.32 Å². The van der Waals surface area contributed by atoms with Gasteiger partial charge in [0.2, 0.25) is 5.91 Å². The average Bonchev–Trinajstić information content (AvgIpc) is 3.15. The maximum atomic E-state index is 13.0. The second-order valence-electron chi connectivity index (χ2n) is 8.80. The molecule has 0 saturated carbocycles. The quantitative estimate of drug-likeness (QED) is 0.509. The van der Waals surface area contributed by atoms with Gasteiger partial charge in [0.1, 0.15) is 12.6 Å². The smallest absolute Gasteiger partial charge is 0.407 e. The summed E-state index contributed by atoms with van der Waals surface area (Å²) in [4.78, 5) is 38.4. The number of carbonyl (C=O) groups excluding carboxylic acids is 2. The molecule has 0 bridgehead atoms. The van der Waals surface area contributed by atoms with Crippen LogP contribution in [0.4, 0.5) is 4.79 Å². The van der Waals surface area contributed by atoms with E-state index in [1.807, 2.05) is 79.7 Å². The number of carboxylic acid groups (broad SMARTS) is 1. The van der Waals surface area contributed by atoms with Crippen molar-refractivity contribution in [2.75, 3.05) is 13.7 Å². The zero-order valence-corrected chi connectivity index (χ0v) is 19.7. The molecule has 0 heterocycles. The van der Waals surface area contributed by atoms with Gasteiger partial charge in [0.25, 0.3) is 0 Å². The third-order valence-corrected chi connectivity index (χ3v) is 6.19. The summed E-state index contributed by atoms with van der Waals surface area (Å²) in [6.07, 6.45) is -1.36. The fraction of sp³-hybridized carbons (Fsp3) is 0.250. The molecule has 35 heavy (non-hydrogen) atoms. The minimum Gasteiger partial charge on any atom is -0.481 e. The standard InChI is InChI=1S/C28H28N2O5/c1-18-8-7-9-19(14-18)16-30(2)27(33)25(15-26(31)32)29-28(34)35-17-24-22-12-5-3-10-20(22)21-11-4-6-13-23(21)24/h3-14,24-25H,15-17H2,1-2H3,(H,29,34)(H,31,32). The number of rotatable bonds is 8. The van der Waals surface area contributed by atoms with Crippen LogP contribution in [0, 0.1) is 6.92 Å². The van der Waals surface area contributed by atoms with Crippen molar-refractivity contribution < 1.29 is 24.2 Å². The van der Waals surface area contributed by atoms with Gasteiger partial charge in [0, 0.05) is 19.5 Å². The van der Waals surface area contributed by atoms with Gasteiger partial charge >= 0.3 is 12.1 Å². The first kappa shape index (κ1) is 24.0. The second kappa shape index (κ2) is 10.4. The first-order valence-electron chi connectivity index (χ1n) is 11.5. The Morgan fingerprint density at radius 3 is 2.20 bits per heavy atom. The number of aryl methyl sites for hydroxylation is 1. The molecule has 7 nitrogen and oxygen atoms in total. The Bertz CT molecular complexity index is 1210. The third-order valence-electron chi connectivity index (χ3n) is 6.19. The van der Waals surface area contributed by atoms with Gasteiger partial charge in [-0.05, 0) is 34.7 Å². The van der Waals surface area contributed by atoms with E-state index < -0.39 is 30.4 Å². The fourth-order valence-corrected chi connectivity index (χ4v) is 4.59. The lowest BCUT2D eigenvalue weighted by Gasteiger charge is -2.24. The van der Waals surface area contributed by atoms with E-state index >= 15 is 0 Å². The number of nitrogens with one attached hydrogen (secondary N) is 1. The lowest BCUT2D eigenvalue weighted by Crippen LogP contribution is -2.48. The predicted octanol–water partition coefficient (Wildman–Crippen LogP) is 4.34. The molecule has 2 amide bonds. The largest absolute Gasteiger partial charge is 0.481 e. The molecular weight excluding hydrogens is 444 g/mol. The van der Waals surface area contributed by atoms with Gasteiger partial charge in [0.05, 0.1) is 6.42 Å². The number of hydrogen-bond acceptors (Lipinski definition) is 4. The van der Waals surface area contributed by atoms with Crippen molar-refractivity contribution in [3.05, 3.63) is 95.1 Å². The van der Waals surface area contributed by atoms with Gasteiger partial charge in [0.15, 0.2) is 0 Å². The third kappa shape index (κ3) is 5.51. The highest BCUT2D eigenvalue weighted by molar-refractivity contribution is 5.89. The van der Waals surface area contributed by atoms with E-state index in [1.54, 1.807) is 7.05 Å². The van der Waals surface area contributed by atoms with Crippen LogP contribution in [-0.4, -0.2) is 47.7 Å². The summed E-state index contributed by atoms with van der Waals surface area (Å²) in [5.74, 6) is -1.82. The number of likely N-dealkylation sites (N-methyl/N-ethyl adjacent to an activating group) is 1. The lowest BCUT2D eigenvalue weighted by atomic mass is 9.98. The Balaban J connectivity index is 1.42. The highest BCUT2D eigenvalue weighted by Crippen LogP contribution is 2.44. The summed E-state index contributed by atoms with van der Waals surface area (Å²) in [5, 5.41) is 11.8. The van der Waals surface area contributed by atoms with Gasteiger partial charge < -0.3 is 20.1 Å². The van der Waals surface area contributed by atoms with Crippen molar-refractivity contribution in [1.82, 2.24) is 10.2 Å². The monoisotopic (exact) mass is 472 g/mol. The minimum absolute atomic E-state index is 0.0764. The summed E-state index contributed by atoms with van der Waals surface area (Å²) >= 11 is 0. The number of ether oxygens (including phenoxy) is 1. The normalized spacial score (nSPS) is 12.9. The Morgan fingerprint density at radius 1 is 0.971 bits per heavy atom. The number of carboxylic acids is 1. The highest BCUT2D eigenvalue weighted by atomic mass is 16.5. The molecule has 180 valence electrons. The number of carbonyl (C=O) groups is 3. The van der Waals surface area contributed by atoms with Crippen LogP contribution in [0.3, 0.4) is 0 Å². The maximum Gasteiger partial charge on any atom is 0.407 e. The van der Waals surface area contributed by atoms with Gasteiger partial charge in [-0.1, -0.05) is 78.4 Å². The number of benzene rings is 3. The topological polar surface area (TPSA) is 95.9 Å². The molecule has 0 spiro atoms. The predicted molar refractivity (Wildman–Crippen MR) is 132 cm³/mol. The summed E-state index contributed by atoms with van der Waals surface area (Å²) in [6.45, 7) is 2.33. The van der Waals surface area contributed by atoms with Crippen molar-refractivity contribution in [1.29, 1.82) is 0 Å².